The van der Waals surface area contributed by atoms with Crippen LogP contribution in [0.3, 0.4) is 0 Å². The van der Waals surface area contributed by atoms with Gasteiger partial charge in [-0.2, -0.15) is 5.26 Å². The van der Waals surface area contributed by atoms with Gasteiger partial charge in [-0.05, 0) is 19.1 Å². The second-order valence-electron chi connectivity index (χ2n) is 2.67. The Labute approximate surface area is 83.7 Å². The molecule has 0 bridgehead atoms. The minimum Gasteiger partial charge on any atom is -0.507 e. The summed E-state index contributed by atoms with van der Waals surface area (Å²) in [6, 6.07) is 4.46. The first-order valence-corrected chi connectivity index (χ1v) is 4.43. The second-order valence-corrected chi connectivity index (χ2v) is 3.59. The molecular formula is C9H7BrFNO. The van der Waals surface area contributed by atoms with E-state index in [0.717, 1.165) is 0 Å². The van der Waals surface area contributed by atoms with Crippen molar-refractivity contribution in [2.24, 2.45) is 0 Å². The van der Waals surface area contributed by atoms with Crippen LogP contribution in [0.15, 0.2) is 16.6 Å². The van der Waals surface area contributed by atoms with Crippen LogP contribution < -0.4 is 0 Å². The van der Waals surface area contributed by atoms with Gasteiger partial charge in [0.1, 0.15) is 11.6 Å². The summed E-state index contributed by atoms with van der Waals surface area (Å²) in [6.07, 6.45) is 0. The van der Waals surface area contributed by atoms with E-state index in [2.05, 4.69) is 15.9 Å². The molecule has 0 aliphatic heterocycles. The van der Waals surface area contributed by atoms with Crippen LogP contribution in [0.2, 0.25) is 0 Å². The summed E-state index contributed by atoms with van der Waals surface area (Å²) in [4.78, 5) is 0. The summed E-state index contributed by atoms with van der Waals surface area (Å²) in [7, 11) is 0. The monoisotopic (exact) mass is 243 g/mol. The molecule has 1 unspecified atom stereocenters. The molecule has 2 nitrogen and oxygen atoms in total. The number of hydrogen-bond acceptors (Lipinski definition) is 2. The summed E-state index contributed by atoms with van der Waals surface area (Å²) in [5.41, 5.74) is 0.0469. The van der Waals surface area contributed by atoms with Gasteiger partial charge >= 0.3 is 0 Å². The first-order chi connectivity index (χ1) is 6.06. The molecule has 1 rings (SSSR count). The molecule has 0 saturated carbocycles. The highest BCUT2D eigenvalue weighted by Gasteiger charge is 2.15. The third-order valence-electron chi connectivity index (χ3n) is 1.70. The Balaban J connectivity index is 3.30. The second kappa shape index (κ2) is 3.75. The number of nitrogens with zero attached hydrogens (tertiary/aromatic N) is 1. The SMILES string of the molecule is CC(C#N)c1c(O)cc(Br)cc1F. The number of benzene rings is 1. The van der Waals surface area contributed by atoms with Gasteiger partial charge in [0.15, 0.2) is 0 Å². The lowest BCUT2D eigenvalue weighted by molar-refractivity contribution is 0.456. The Kier molecular flexibility index (Phi) is 2.89. The van der Waals surface area contributed by atoms with Gasteiger partial charge in [-0.15, -0.1) is 0 Å². The van der Waals surface area contributed by atoms with Gasteiger partial charge in [0.25, 0.3) is 0 Å². The third-order valence-corrected chi connectivity index (χ3v) is 2.16. The predicted octanol–water partition coefficient (Wildman–Crippen LogP) is 2.92. The topological polar surface area (TPSA) is 44.0 Å². The molecule has 0 amide bonds. The van der Waals surface area contributed by atoms with Crippen molar-refractivity contribution >= 4 is 15.9 Å². The summed E-state index contributed by atoms with van der Waals surface area (Å²) in [6.45, 7) is 1.53. The number of phenolic OH excluding ortho intramolecular Hbond substituents is 1. The van der Waals surface area contributed by atoms with Crippen LogP contribution in [-0.4, -0.2) is 5.11 Å². The molecule has 13 heavy (non-hydrogen) atoms. The van der Waals surface area contributed by atoms with Crippen molar-refractivity contribution in [3.05, 3.63) is 28.0 Å². The molecule has 68 valence electrons. The molecule has 0 radical (unpaired) electrons. The molecule has 0 aliphatic rings. The predicted molar refractivity (Wildman–Crippen MR) is 49.8 cm³/mol. The van der Waals surface area contributed by atoms with Crippen molar-refractivity contribution in [2.75, 3.05) is 0 Å². The van der Waals surface area contributed by atoms with E-state index in [1.54, 1.807) is 0 Å². The number of hydrogen-bond donors (Lipinski definition) is 1. The highest BCUT2D eigenvalue weighted by atomic mass is 79.9. The Morgan fingerprint density at radius 3 is 2.69 bits per heavy atom. The lowest BCUT2D eigenvalue weighted by Gasteiger charge is -2.07. The zero-order chi connectivity index (χ0) is 10.0. The van der Waals surface area contributed by atoms with Crippen LogP contribution in [-0.2, 0) is 0 Å². The number of halogens is 2. The van der Waals surface area contributed by atoms with E-state index in [-0.39, 0.29) is 11.3 Å². The van der Waals surface area contributed by atoms with E-state index in [0.29, 0.717) is 4.47 Å². The van der Waals surface area contributed by atoms with Crippen LogP contribution in [0.1, 0.15) is 18.4 Å². The van der Waals surface area contributed by atoms with Crippen LogP contribution in [0.4, 0.5) is 4.39 Å². The Morgan fingerprint density at radius 2 is 2.23 bits per heavy atom. The third kappa shape index (κ3) is 1.99. The van der Waals surface area contributed by atoms with E-state index in [9.17, 15) is 9.50 Å². The van der Waals surface area contributed by atoms with Gasteiger partial charge in [0.2, 0.25) is 0 Å². The maximum absolute atomic E-state index is 13.2. The van der Waals surface area contributed by atoms with Crippen LogP contribution in [0.25, 0.3) is 0 Å². The first-order valence-electron chi connectivity index (χ1n) is 3.63. The molecule has 0 spiro atoms. The first kappa shape index (κ1) is 10.0. The van der Waals surface area contributed by atoms with Crippen molar-refractivity contribution in [3.8, 4) is 11.8 Å². The zero-order valence-electron chi connectivity index (χ0n) is 6.88. The van der Waals surface area contributed by atoms with Crippen LogP contribution in [0.5, 0.6) is 5.75 Å². The maximum atomic E-state index is 13.2. The highest BCUT2D eigenvalue weighted by molar-refractivity contribution is 9.10. The molecular weight excluding hydrogens is 237 g/mol. The standard InChI is InChI=1S/C9H7BrFNO/c1-5(4-12)9-7(11)2-6(10)3-8(9)13/h2-3,5,13H,1H3. The Bertz CT molecular complexity index is 349. The summed E-state index contributed by atoms with van der Waals surface area (Å²) < 4.78 is 13.7. The summed E-state index contributed by atoms with van der Waals surface area (Å²) in [5, 5.41) is 17.9. The fourth-order valence-electron chi connectivity index (χ4n) is 1.06. The van der Waals surface area contributed by atoms with Gasteiger partial charge in [-0.1, -0.05) is 15.9 Å². The van der Waals surface area contributed by atoms with E-state index in [4.69, 9.17) is 5.26 Å². The number of nitriles is 1. The lowest BCUT2D eigenvalue weighted by Crippen LogP contribution is -1.95. The fraction of sp³-hybridized carbons (Fsp3) is 0.222. The smallest absolute Gasteiger partial charge is 0.132 e. The summed E-state index contributed by atoms with van der Waals surface area (Å²) >= 11 is 3.04. The summed E-state index contributed by atoms with van der Waals surface area (Å²) in [5.74, 6) is -1.41. The molecule has 0 aromatic heterocycles. The lowest BCUT2D eigenvalue weighted by atomic mass is 10.0. The Hall–Kier alpha value is -1.08. The van der Waals surface area contributed by atoms with Crippen LogP contribution >= 0.6 is 15.9 Å². The molecule has 0 aliphatic carbocycles. The highest BCUT2D eigenvalue weighted by Crippen LogP contribution is 2.31. The Morgan fingerprint density at radius 1 is 1.62 bits per heavy atom. The van der Waals surface area contributed by atoms with Gasteiger partial charge in [-0.3, -0.25) is 0 Å². The van der Waals surface area contributed by atoms with Crippen molar-refractivity contribution < 1.29 is 9.50 Å². The molecule has 1 atom stereocenters. The van der Waals surface area contributed by atoms with Gasteiger partial charge in [0.05, 0.1) is 12.0 Å². The van der Waals surface area contributed by atoms with E-state index < -0.39 is 11.7 Å². The number of rotatable bonds is 1. The van der Waals surface area contributed by atoms with Crippen molar-refractivity contribution in [1.29, 1.82) is 5.26 Å². The fourth-order valence-corrected chi connectivity index (χ4v) is 1.48. The van der Waals surface area contributed by atoms with E-state index in [1.165, 1.54) is 19.1 Å². The molecule has 1 aromatic rings. The maximum Gasteiger partial charge on any atom is 0.132 e. The number of phenols is 1. The van der Waals surface area contributed by atoms with E-state index >= 15 is 0 Å². The number of aromatic hydroxyl groups is 1. The molecule has 1 aromatic carbocycles. The van der Waals surface area contributed by atoms with Gasteiger partial charge in [0, 0.05) is 10.0 Å². The average molecular weight is 244 g/mol. The zero-order valence-corrected chi connectivity index (χ0v) is 8.47. The van der Waals surface area contributed by atoms with Crippen molar-refractivity contribution in [2.45, 2.75) is 12.8 Å². The normalized spacial score (nSPS) is 12.2. The minimum atomic E-state index is -0.645. The average Bonchev–Trinajstić information content (AvgIpc) is 2.02. The molecule has 4 heteroatoms. The van der Waals surface area contributed by atoms with Crippen LogP contribution in [0, 0.1) is 17.1 Å². The van der Waals surface area contributed by atoms with Crippen molar-refractivity contribution in [1.82, 2.24) is 0 Å². The van der Waals surface area contributed by atoms with Gasteiger partial charge < -0.3 is 5.11 Å². The minimum absolute atomic E-state index is 0.0469. The molecule has 0 heterocycles. The molecule has 0 saturated heterocycles. The van der Waals surface area contributed by atoms with E-state index in [1.807, 2.05) is 6.07 Å². The molecule has 0 fully saturated rings. The molecule has 1 N–H and O–H groups in total. The quantitative estimate of drug-likeness (QED) is 0.825. The van der Waals surface area contributed by atoms with Gasteiger partial charge in [-0.25, -0.2) is 4.39 Å². The van der Waals surface area contributed by atoms with Crippen molar-refractivity contribution in [3.63, 3.8) is 0 Å². The largest absolute Gasteiger partial charge is 0.507 e.